The Labute approximate surface area is 187 Å². The van der Waals surface area contributed by atoms with Crippen molar-refractivity contribution in [3.8, 4) is 22.6 Å². The van der Waals surface area contributed by atoms with Gasteiger partial charge in [-0.15, -0.1) is 0 Å². The topological polar surface area (TPSA) is 74.2 Å². The van der Waals surface area contributed by atoms with Crippen molar-refractivity contribution in [2.24, 2.45) is 0 Å². The maximum atomic E-state index is 11.6. The summed E-state index contributed by atoms with van der Waals surface area (Å²) in [4.78, 5) is 11.6. The van der Waals surface area contributed by atoms with Crippen molar-refractivity contribution in [3.63, 3.8) is 0 Å². The third-order valence-electron chi connectivity index (χ3n) is 5.63. The largest absolute Gasteiger partial charge is 1.00 e. The molecule has 0 heterocycles. The number of para-hydroxylation sites is 1. The van der Waals surface area contributed by atoms with Gasteiger partial charge in [0.1, 0.15) is 11.5 Å². The number of rotatable bonds is 4. The van der Waals surface area contributed by atoms with Gasteiger partial charge in [-0.1, -0.05) is 54.1 Å². The third-order valence-corrected chi connectivity index (χ3v) is 6.13. The SMILES string of the molecule is Cc1cccc(-c2ccccc2Oc2ccc3c(c2)CC([NH3+])(C(=O)O)CC3)c1Cl.[Cl-]. The van der Waals surface area contributed by atoms with Crippen molar-refractivity contribution < 1.29 is 32.8 Å². The summed E-state index contributed by atoms with van der Waals surface area (Å²) in [6.45, 7) is 1.98. The molecule has 1 aliphatic rings. The van der Waals surface area contributed by atoms with E-state index in [1.807, 2.05) is 67.6 Å². The van der Waals surface area contributed by atoms with Crippen LogP contribution >= 0.6 is 11.6 Å². The molecule has 6 heteroatoms. The lowest BCUT2D eigenvalue weighted by Crippen LogP contribution is -3.00. The van der Waals surface area contributed by atoms with Crippen LogP contribution in [0.25, 0.3) is 11.1 Å². The number of aliphatic carboxylic acids is 1. The minimum atomic E-state index is -0.974. The number of halogens is 2. The molecule has 4 rings (SSSR count). The maximum absolute atomic E-state index is 11.6. The molecule has 0 saturated carbocycles. The normalized spacial score (nSPS) is 17.6. The van der Waals surface area contributed by atoms with Crippen molar-refractivity contribution >= 4 is 17.6 Å². The molecule has 4 nitrogen and oxygen atoms in total. The molecule has 1 atom stereocenters. The quantitative estimate of drug-likeness (QED) is 0.643. The number of carboxylic acid groups (broad SMARTS) is 1. The second-order valence-electron chi connectivity index (χ2n) is 7.73. The number of aryl methyl sites for hydroxylation is 2. The first-order valence-electron chi connectivity index (χ1n) is 9.60. The average molecular weight is 444 g/mol. The zero-order valence-electron chi connectivity index (χ0n) is 16.6. The lowest BCUT2D eigenvalue weighted by molar-refractivity contribution is -0.464. The van der Waals surface area contributed by atoms with Gasteiger partial charge in [-0.05, 0) is 48.2 Å². The highest BCUT2D eigenvalue weighted by Gasteiger charge is 2.41. The van der Waals surface area contributed by atoms with Gasteiger partial charge in [0.15, 0.2) is 5.54 Å². The Morgan fingerprint density at radius 3 is 2.57 bits per heavy atom. The van der Waals surface area contributed by atoms with Crippen molar-refractivity contribution in [1.29, 1.82) is 0 Å². The van der Waals surface area contributed by atoms with E-state index in [-0.39, 0.29) is 12.4 Å². The van der Waals surface area contributed by atoms with Crippen LogP contribution in [0.3, 0.4) is 0 Å². The molecule has 0 aromatic heterocycles. The van der Waals surface area contributed by atoms with Crippen molar-refractivity contribution in [2.75, 3.05) is 0 Å². The van der Waals surface area contributed by atoms with Crippen LogP contribution < -0.4 is 22.9 Å². The second kappa shape index (κ2) is 8.68. The summed E-state index contributed by atoms with van der Waals surface area (Å²) in [7, 11) is 0. The van der Waals surface area contributed by atoms with E-state index in [0.717, 1.165) is 27.8 Å². The minimum absolute atomic E-state index is 0. The molecule has 30 heavy (non-hydrogen) atoms. The Hall–Kier alpha value is -2.53. The summed E-state index contributed by atoms with van der Waals surface area (Å²) < 4.78 is 6.23. The van der Waals surface area contributed by atoms with Crippen LogP contribution in [0.4, 0.5) is 0 Å². The van der Waals surface area contributed by atoms with E-state index in [4.69, 9.17) is 16.3 Å². The van der Waals surface area contributed by atoms with Crippen LogP contribution in [-0.4, -0.2) is 16.6 Å². The van der Waals surface area contributed by atoms with Gasteiger partial charge in [-0.25, -0.2) is 4.79 Å². The first-order chi connectivity index (χ1) is 13.9. The number of carboxylic acids is 1. The summed E-state index contributed by atoms with van der Waals surface area (Å²) in [5.41, 5.74) is 7.97. The van der Waals surface area contributed by atoms with Gasteiger partial charge in [0, 0.05) is 24.0 Å². The molecule has 0 fully saturated rings. The molecule has 0 amide bonds. The van der Waals surface area contributed by atoms with Crippen molar-refractivity contribution in [1.82, 2.24) is 0 Å². The maximum Gasteiger partial charge on any atom is 0.365 e. The number of quaternary nitrogens is 1. The van der Waals surface area contributed by atoms with Gasteiger partial charge in [0.05, 0.1) is 5.02 Å². The molecule has 3 aromatic carbocycles. The Balaban J connectivity index is 0.00000256. The van der Waals surface area contributed by atoms with E-state index in [1.54, 1.807) is 0 Å². The van der Waals surface area contributed by atoms with Gasteiger partial charge >= 0.3 is 5.97 Å². The number of ether oxygens (including phenoxy) is 1. The van der Waals surface area contributed by atoms with Gasteiger partial charge < -0.3 is 28.0 Å². The predicted molar refractivity (Wildman–Crippen MR) is 113 cm³/mol. The fourth-order valence-corrected chi connectivity index (χ4v) is 4.07. The van der Waals surface area contributed by atoms with E-state index in [1.165, 1.54) is 0 Å². The van der Waals surface area contributed by atoms with Gasteiger partial charge in [0.25, 0.3) is 0 Å². The molecule has 0 radical (unpaired) electrons. The monoisotopic (exact) mass is 443 g/mol. The number of carbonyl (C=O) groups is 1. The number of benzene rings is 3. The molecule has 0 spiro atoms. The highest BCUT2D eigenvalue weighted by atomic mass is 35.5. The Morgan fingerprint density at radius 2 is 1.80 bits per heavy atom. The molecule has 4 N–H and O–H groups in total. The van der Waals surface area contributed by atoms with Crippen LogP contribution in [0.15, 0.2) is 60.7 Å². The molecule has 0 bridgehead atoms. The summed E-state index contributed by atoms with van der Waals surface area (Å²) in [6.07, 6.45) is 1.66. The van der Waals surface area contributed by atoms with Crippen LogP contribution in [0.5, 0.6) is 11.5 Å². The smallest absolute Gasteiger partial charge is 0.365 e. The molecular weight excluding hydrogens is 421 g/mol. The van der Waals surface area contributed by atoms with Crippen LogP contribution in [0.2, 0.25) is 5.02 Å². The molecule has 3 aromatic rings. The Kier molecular flexibility index (Phi) is 6.41. The van der Waals surface area contributed by atoms with E-state index in [9.17, 15) is 9.90 Å². The van der Waals surface area contributed by atoms with Gasteiger partial charge in [-0.2, -0.15) is 0 Å². The number of fused-ring (bicyclic) bond motifs is 1. The zero-order chi connectivity index (χ0) is 20.6. The van der Waals surface area contributed by atoms with Crippen molar-refractivity contribution in [3.05, 3.63) is 82.4 Å². The first-order valence-corrected chi connectivity index (χ1v) is 9.98. The molecule has 1 aliphatic carbocycles. The molecule has 1 unspecified atom stereocenters. The molecular formula is C24H23Cl2NO3. The fraction of sp³-hybridized carbons (Fsp3) is 0.208. The Bertz CT molecular complexity index is 1100. The minimum Gasteiger partial charge on any atom is -1.00 e. The van der Waals surface area contributed by atoms with Crippen molar-refractivity contribution in [2.45, 2.75) is 31.7 Å². The first kappa shape index (κ1) is 22.2. The standard InChI is InChI=1S/C24H22ClNO3.ClH/c1-15-5-4-7-20(22(15)25)19-6-2-3-8-21(19)29-18-10-9-16-11-12-24(26,23(27)28)14-17(16)13-18;/h2-10,13H,11-12,14,26H2,1H3,(H,27,28);1H. The summed E-state index contributed by atoms with van der Waals surface area (Å²) in [6, 6.07) is 19.6. The molecule has 0 aliphatic heterocycles. The fourth-order valence-electron chi connectivity index (χ4n) is 3.84. The van der Waals surface area contributed by atoms with E-state index in [2.05, 4.69) is 5.73 Å². The highest BCUT2D eigenvalue weighted by Crippen LogP contribution is 2.39. The van der Waals surface area contributed by atoms with Crippen LogP contribution in [0, 0.1) is 6.92 Å². The highest BCUT2D eigenvalue weighted by molar-refractivity contribution is 6.34. The lowest BCUT2D eigenvalue weighted by atomic mass is 9.78. The van der Waals surface area contributed by atoms with Crippen LogP contribution in [-0.2, 0) is 17.6 Å². The van der Waals surface area contributed by atoms with Crippen LogP contribution in [0.1, 0.15) is 23.1 Å². The van der Waals surface area contributed by atoms with E-state index < -0.39 is 11.5 Å². The zero-order valence-corrected chi connectivity index (χ0v) is 18.1. The summed E-state index contributed by atoms with van der Waals surface area (Å²) >= 11 is 6.54. The molecule has 156 valence electrons. The average Bonchev–Trinajstić information content (AvgIpc) is 2.70. The lowest BCUT2D eigenvalue weighted by Gasteiger charge is -2.28. The van der Waals surface area contributed by atoms with Gasteiger partial charge in [-0.3, -0.25) is 0 Å². The number of hydrogen-bond donors (Lipinski definition) is 2. The predicted octanol–water partition coefficient (Wildman–Crippen LogP) is 1.67. The van der Waals surface area contributed by atoms with E-state index >= 15 is 0 Å². The Morgan fingerprint density at radius 1 is 1.07 bits per heavy atom. The summed E-state index contributed by atoms with van der Waals surface area (Å²) in [5, 5.41) is 10.2. The number of hydrogen-bond acceptors (Lipinski definition) is 2. The second-order valence-corrected chi connectivity index (χ2v) is 8.11. The summed E-state index contributed by atoms with van der Waals surface area (Å²) in [5.74, 6) is 0.526. The third kappa shape index (κ3) is 4.17. The van der Waals surface area contributed by atoms with Gasteiger partial charge in [0.2, 0.25) is 0 Å². The molecule has 0 saturated heterocycles. The van der Waals surface area contributed by atoms with E-state index in [0.29, 0.717) is 35.8 Å².